The van der Waals surface area contributed by atoms with Crippen molar-refractivity contribution in [1.82, 2.24) is 10.4 Å². The first-order valence-corrected chi connectivity index (χ1v) is 8.20. The van der Waals surface area contributed by atoms with Crippen molar-refractivity contribution >= 4 is 29.1 Å². The number of nitrogens with zero attached hydrogens (tertiary/aromatic N) is 1. The Morgan fingerprint density at radius 1 is 1.43 bits per heavy atom. The lowest BCUT2D eigenvalue weighted by Gasteiger charge is -2.38. The summed E-state index contributed by atoms with van der Waals surface area (Å²) in [5.74, 6) is -0.607. The Kier molecular flexibility index (Phi) is 6.91. The molecule has 0 aliphatic carbocycles. The number of thiocarbonyl (C=S) groups is 1. The average molecular weight is 344 g/mol. The zero-order valence-corrected chi connectivity index (χ0v) is 15.1. The number of ether oxygens (including phenoxy) is 1. The monoisotopic (exact) mass is 344 g/mol. The lowest BCUT2D eigenvalue weighted by atomic mass is 9.95. The first kappa shape index (κ1) is 19.8. The number of carbonyl (C=O) groups excluding carboxylic acids is 2. The summed E-state index contributed by atoms with van der Waals surface area (Å²) in [6, 6.07) is -1.37. The molecule has 0 saturated carbocycles. The number of hydrogen-bond acceptors (Lipinski definition) is 6. The van der Waals surface area contributed by atoms with E-state index in [0.717, 1.165) is 0 Å². The number of amides is 1. The number of nitrogens with one attached hydrogen (secondary N) is 1. The molecule has 0 bridgehead atoms. The van der Waals surface area contributed by atoms with Gasteiger partial charge < -0.3 is 16.2 Å². The third kappa shape index (κ3) is 6.40. The molecule has 1 amide bonds. The van der Waals surface area contributed by atoms with Crippen molar-refractivity contribution in [2.75, 3.05) is 13.2 Å². The Balaban J connectivity index is 2.66. The van der Waals surface area contributed by atoms with Gasteiger partial charge in [-0.2, -0.15) is 0 Å². The molecular weight excluding hydrogens is 316 g/mol. The van der Waals surface area contributed by atoms with Gasteiger partial charge in [0.05, 0.1) is 17.6 Å². The summed E-state index contributed by atoms with van der Waals surface area (Å²) in [6.07, 6.45) is 0.828. The molecule has 3 atom stereocenters. The highest BCUT2D eigenvalue weighted by Gasteiger charge is 2.36. The molecule has 132 valence electrons. The van der Waals surface area contributed by atoms with E-state index in [1.54, 1.807) is 0 Å². The number of hydrazine groups is 1. The van der Waals surface area contributed by atoms with Gasteiger partial charge in [0.25, 0.3) is 5.91 Å². The SMILES string of the molecule is C[C@H]1CCN(C(=O)[C@@H](N)CC(N)=S)N[C@@H]1C(=O)OCC(C)(C)C. The van der Waals surface area contributed by atoms with Gasteiger partial charge in [0.15, 0.2) is 0 Å². The maximum absolute atomic E-state index is 12.3. The molecule has 1 rings (SSSR count). The highest BCUT2D eigenvalue weighted by Crippen LogP contribution is 2.19. The van der Waals surface area contributed by atoms with Crippen molar-refractivity contribution in [3.63, 3.8) is 0 Å². The van der Waals surface area contributed by atoms with Gasteiger partial charge in [-0.15, -0.1) is 0 Å². The van der Waals surface area contributed by atoms with Gasteiger partial charge >= 0.3 is 5.97 Å². The van der Waals surface area contributed by atoms with Gasteiger partial charge in [-0.3, -0.25) is 14.6 Å². The van der Waals surface area contributed by atoms with Crippen LogP contribution in [0.2, 0.25) is 0 Å². The molecule has 0 aromatic heterocycles. The molecule has 7 nitrogen and oxygen atoms in total. The van der Waals surface area contributed by atoms with E-state index in [2.05, 4.69) is 5.43 Å². The molecule has 0 aromatic carbocycles. The van der Waals surface area contributed by atoms with Crippen molar-refractivity contribution < 1.29 is 14.3 Å². The number of nitrogens with two attached hydrogens (primary N) is 2. The van der Waals surface area contributed by atoms with Gasteiger partial charge in [-0.1, -0.05) is 39.9 Å². The molecule has 1 aliphatic heterocycles. The van der Waals surface area contributed by atoms with Crippen molar-refractivity contribution in [1.29, 1.82) is 0 Å². The minimum Gasteiger partial charge on any atom is -0.464 e. The number of esters is 1. The fraction of sp³-hybridized carbons (Fsp3) is 0.800. The van der Waals surface area contributed by atoms with Crippen LogP contribution < -0.4 is 16.9 Å². The smallest absolute Gasteiger partial charge is 0.325 e. The Labute approximate surface area is 143 Å². The van der Waals surface area contributed by atoms with Crippen molar-refractivity contribution in [2.24, 2.45) is 22.8 Å². The number of rotatable bonds is 5. The van der Waals surface area contributed by atoms with Crippen LogP contribution in [0.5, 0.6) is 0 Å². The first-order chi connectivity index (χ1) is 10.5. The van der Waals surface area contributed by atoms with Crippen LogP contribution in [-0.2, 0) is 14.3 Å². The summed E-state index contributed by atoms with van der Waals surface area (Å²) in [5, 5.41) is 1.38. The number of hydrogen-bond donors (Lipinski definition) is 3. The van der Waals surface area contributed by atoms with Crippen LogP contribution in [0.1, 0.15) is 40.5 Å². The van der Waals surface area contributed by atoms with E-state index in [0.29, 0.717) is 19.6 Å². The molecule has 5 N–H and O–H groups in total. The highest BCUT2D eigenvalue weighted by molar-refractivity contribution is 7.80. The normalized spacial score (nSPS) is 23.3. The highest BCUT2D eigenvalue weighted by atomic mass is 32.1. The fourth-order valence-corrected chi connectivity index (χ4v) is 2.38. The standard InChI is InChI=1S/C15H28N4O3S/c1-9-5-6-19(13(20)10(16)7-11(17)23)18-12(9)14(21)22-8-15(2,3)4/h9-10,12,18H,5-8,16H2,1-4H3,(H2,17,23)/t9-,10-,12-/m0/s1. The Hall–Kier alpha value is -1.25. The van der Waals surface area contributed by atoms with Gasteiger partial charge in [0, 0.05) is 13.0 Å². The predicted octanol–water partition coefficient (Wildman–Crippen LogP) is 0.321. The van der Waals surface area contributed by atoms with Crippen molar-refractivity contribution in [3.8, 4) is 0 Å². The second kappa shape index (κ2) is 8.03. The summed E-state index contributed by atoms with van der Waals surface area (Å²) in [4.78, 5) is 24.8. The second-order valence-electron chi connectivity index (χ2n) is 7.31. The summed E-state index contributed by atoms with van der Waals surface area (Å²) >= 11 is 4.78. The van der Waals surface area contributed by atoms with Gasteiger partial charge in [-0.25, -0.2) is 5.43 Å². The van der Waals surface area contributed by atoms with E-state index in [1.165, 1.54) is 5.01 Å². The number of carbonyl (C=O) groups is 2. The Morgan fingerprint density at radius 2 is 2.04 bits per heavy atom. The molecule has 1 aliphatic rings. The molecule has 8 heteroatoms. The third-order valence-electron chi connectivity index (χ3n) is 3.58. The summed E-state index contributed by atoms with van der Waals surface area (Å²) in [5.41, 5.74) is 14.1. The largest absolute Gasteiger partial charge is 0.464 e. The van der Waals surface area contributed by atoms with E-state index in [1.807, 2.05) is 27.7 Å². The third-order valence-corrected chi connectivity index (χ3v) is 3.74. The summed E-state index contributed by atoms with van der Waals surface area (Å²) in [6.45, 7) is 8.72. The molecule has 1 saturated heterocycles. The maximum atomic E-state index is 12.3. The molecule has 1 heterocycles. The van der Waals surface area contributed by atoms with Gasteiger partial charge in [-0.05, 0) is 17.8 Å². The lowest BCUT2D eigenvalue weighted by Crippen LogP contribution is -2.61. The van der Waals surface area contributed by atoms with Crippen LogP contribution in [-0.4, -0.2) is 47.1 Å². The van der Waals surface area contributed by atoms with E-state index >= 15 is 0 Å². The molecule has 23 heavy (non-hydrogen) atoms. The molecule has 0 radical (unpaired) electrons. The van der Waals surface area contributed by atoms with E-state index in [-0.39, 0.29) is 34.6 Å². The van der Waals surface area contributed by atoms with Crippen LogP contribution in [0.4, 0.5) is 0 Å². The Bertz CT molecular complexity index is 464. The van der Waals surface area contributed by atoms with E-state index < -0.39 is 12.1 Å². The molecule has 0 aromatic rings. The average Bonchev–Trinajstić information content (AvgIpc) is 2.43. The van der Waals surface area contributed by atoms with Crippen molar-refractivity contribution in [3.05, 3.63) is 0 Å². The van der Waals surface area contributed by atoms with Crippen LogP contribution in [0.3, 0.4) is 0 Å². The molecular formula is C15H28N4O3S. The Morgan fingerprint density at radius 3 is 2.57 bits per heavy atom. The minimum atomic E-state index is -0.806. The van der Waals surface area contributed by atoms with Crippen LogP contribution >= 0.6 is 12.2 Å². The zero-order chi connectivity index (χ0) is 17.8. The molecule has 0 unspecified atom stereocenters. The van der Waals surface area contributed by atoms with Gasteiger partial charge in [0.2, 0.25) is 0 Å². The van der Waals surface area contributed by atoms with Crippen LogP contribution in [0, 0.1) is 11.3 Å². The van der Waals surface area contributed by atoms with Crippen LogP contribution in [0.15, 0.2) is 0 Å². The molecule has 1 fully saturated rings. The van der Waals surface area contributed by atoms with Gasteiger partial charge in [0.1, 0.15) is 6.04 Å². The second-order valence-corrected chi connectivity index (χ2v) is 7.83. The van der Waals surface area contributed by atoms with Crippen molar-refractivity contribution in [2.45, 2.75) is 52.6 Å². The van der Waals surface area contributed by atoms with Crippen LogP contribution in [0.25, 0.3) is 0 Å². The molecule has 0 spiro atoms. The van der Waals surface area contributed by atoms with E-state index in [4.69, 9.17) is 28.4 Å². The fourth-order valence-electron chi connectivity index (χ4n) is 2.20. The quantitative estimate of drug-likeness (QED) is 0.486. The lowest BCUT2D eigenvalue weighted by molar-refractivity contribution is -0.156. The van der Waals surface area contributed by atoms with E-state index in [9.17, 15) is 9.59 Å². The first-order valence-electron chi connectivity index (χ1n) is 7.79. The zero-order valence-electron chi connectivity index (χ0n) is 14.3. The predicted molar refractivity (Wildman–Crippen MR) is 92.2 cm³/mol. The maximum Gasteiger partial charge on any atom is 0.325 e. The topological polar surface area (TPSA) is 111 Å². The summed E-state index contributed by atoms with van der Waals surface area (Å²) < 4.78 is 5.36. The minimum absolute atomic E-state index is 0.0679. The summed E-state index contributed by atoms with van der Waals surface area (Å²) in [7, 11) is 0.